The molecule has 1 atom stereocenters. The van der Waals surface area contributed by atoms with Crippen LogP contribution < -0.4 is 10.2 Å². The van der Waals surface area contributed by atoms with Crippen LogP contribution in [0.5, 0.6) is 0 Å². The minimum Gasteiger partial charge on any atom is -0.376 e. The summed E-state index contributed by atoms with van der Waals surface area (Å²) in [5.41, 5.74) is 1.28. The van der Waals surface area contributed by atoms with Gasteiger partial charge in [0.2, 0.25) is 5.91 Å². The number of carbonyl (C=O) groups excluding carboxylic acids is 1. The van der Waals surface area contributed by atoms with E-state index in [9.17, 15) is 22.0 Å². The SMILES string of the molecule is O=C(CNc1ccc(SC(F)F)cc1)N(c1ccccc1)[C@H]1CCS(=O)(=O)C1. The molecule has 0 aromatic heterocycles. The molecule has 150 valence electrons. The van der Waals surface area contributed by atoms with Gasteiger partial charge in [-0.1, -0.05) is 30.0 Å². The Morgan fingerprint density at radius 2 is 1.82 bits per heavy atom. The van der Waals surface area contributed by atoms with Crippen LogP contribution in [-0.2, 0) is 14.6 Å². The van der Waals surface area contributed by atoms with Crippen LogP contribution in [0.2, 0.25) is 0 Å². The number of hydrogen-bond donors (Lipinski definition) is 1. The van der Waals surface area contributed by atoms with Gasteiger partial charge >= 0.3 is 0 Å². The first-order valence-corrected chi connectivity index (χ1v) is 11.4. The normalized spacial score (nSPS) is 18.2. The fourth-order valence-electron chi connectivity index (χ4n) is 3.14. The van der Waals surface area contributed by atoms with Crippen molar-refractivity contribution in [1.29, 1.82) is 0 Å². The number of nitrogens with one attached hydrogen (secondary N) is 1. The molecule has 0 bridgehead atoms. The van der Waals surface area contributed by atoms with Crippen LogP contribution in [0.25, 0.3) is 0 Å². The number of nitrogens with zero attached hydrogens (tertiary/aromatic N) is 1. The van der Waals surface area contributed by atoms with E-state index in [1.54, 1.807) is 53.4 Å². The second-order valence-electron chi connectivity index (χ2n) is 6.41. The molecule has 0 radical (unpaired) electrons. The van der Waals surface area contributed by atoms with Crippen molar-refractivity contribution < 1.29 is 22.0 Å². The molecule has 0 aliphatic carbocycles. The van der Waals surface area contributed by atoms with Crippen LogP contribution in [0.15, 0.2) is 59.5 Å². The second-order valence-corrected chi connectivity index (χ2v) is 9.70. The maximum Gasteiger partial charge on any atom is 0.288 e. The predicted molar refractivity (Wildman–Crippen MR) is 108 cm³/mol. The van der Waals surface area contributed by atoms with Crippen LogP contribution in [0.1, 0.15) is 6.42 Å². The largest absolute Gasteiger partial charge is 0.376 e. The summed E-state index contributed by atoms with van der Waals surface area (Å²) in [6.07, 6.45) is 0.405. The summed E-state index contributed by atoms with van der Waals surface area (Å²) in [4.78, 5) is 14.9. The number of carbonyl (C=O) groups is 1. The van der Waals surface area contributed by atoms with Crippen molar-refractivity contribution in [3.8, 4) is 0 Å². The standard InChI is InChI=1S/C19H20F2N2O3S2/c20-19(21)27-17-8-6-14(7-9-17)22-12-18(24)23(15-4-2-1-3-5-15)16-10-11-28(25,26)13-16/h1-9,16,19,22H,10-13H2/t16-/m0/s1. The number of thioether (sulfide) groups is 1. The zero-order chi connectivity index (χ0) is 20.1. The van der Waals surface area contributed by atoms with Gasteiger partial charge in [-0.05, 0) is 42.8 Å². The summed E-state index contributed by atoms with van der Waals surface area (Å²) in [5, 5.41) is 2.98. The van der Waals surface area contributed by atoms with Gasteiger partial charge in [-0.2, -0.15) is 8.78 Å². The number of rotatable bonds is 7. The highest BCUT2D eigenvalue weighted by molar-refractivity contribution is 7.99. The van der Waals surface area contributed by atoms with Crippen LogP contribution in [0.4, 0.5) is 20.2 Å². The Morgan fingerprint density at radius 1 is 1.14 bits per heavy atom. The van der Waals surface area contributed by atoms with Crippen molar-refractivity contribution in [2.75, 3.05) is 28.3 Å². The number of hydrogen-bond acceptors (Lipinski definition) is 5. The van der Waals surface area contributed by atoms with E-state index in [1.807, 2.05) is 6.07 Å². The number of sulfone groups is 1. The zero-order valence-corrected chi connectivity index (χ0v) is 16.6. The first kappa shape index (κ1) is 20.6. The molecule has 1 amide bonds. The summed E-state index contributed by atoms with van der Waals surface area (Å²) >= 11 is 0.457. The molecule has 1 N–H and O–H groups in total. The molecule has 3 rings (SSSR count). The van der Waals surface area contributed by atoms with Crippen LogP contribution in [-0.4, -0.2) is 44.2 Å². The molecule has 28 heavy (non-hydrogen) atoms. The van der Waals surface area contributed by atoms with Gasteiger partial charge in [0.05, 0.1) is 24.1 Å². The van der Waals surface area contributed by atoms with Crippen molar-refractivity contribution in [2.45, 2.75) is 23.1 Å². The Bertz CT molecular complexity index is 907. The molecule has 0 saturated carbocycles. The number of alkyl halides is 2. The summed E-state index contributed by atoms with van der Waals surface area (Å²) in [7, 11) is -3.14. The molecule has 2 aromatic carbocycles. The van der Waals surface area contributed by atoms with E-state index in [-0.39, 0.29) is 24.0 Å². The predicted octanol–water partition coefficient (Wildman–Crippen LogP) is 3.63. The number of benzene rings is 2. The van der Waals surface area contributed by atoms with E-state index >= 15 is 0 Å². The number of halogens is 2. The van der Waals surface area contributed by atoms with Crippen molar-refractivity contribution in [3.63, 3.8) is 0 Å². The number of amides is 1. The van der Waals surface area contributed by atoms with Gasteiger partial charge in [0, 0.05) is 16.3 Å². The first-order valence-electron chi connectivity index (χ1n) is 8.70. The van der Waals surface area contributed by atoms with Gasteiger partial charge in [0.1, 0.15) is 0 Å². The highest BCUT2D eigenvalue weighted by Gasteiger charge is 2.35. The Labute approximate surface area is 167 Å². The molecule has 0 unspecified atom stereocenters. The van der Waals surface area contributed by atoms with Crippen LogP contribution in [0.3, 0.4) is 0 Å². The van der Waals surface area contributed by atoms with E-state index in [2.05, 4.69) is 5.32 Å². The fourth-order valence-corrected chi connectivity index (χ4v) is 5.34. The van der Waals surface area contributed by atoms with Crippen LogP contribution in [0, 0.1) is 0 Å². The highest BCUT2D eigenvalue weighted by Crippen LogP contribution is 2.27. The van der Waals surface area contributed by atoms with Crippen molar-refractivity contribution in [2.24, 2.45) is 0 Å². The summed E-state index contributed by atoms with van der Waals surface area (Å²) < 4.78 is 48.5. The Kier molecular flexibility index (Phi) is 6.56. The molecule has 1 saturated heterocycles. The molecular formula is C19H20F2N2O3S2. The average Bonchev–Trinajstić information content (AvgIpc) is 3.01. The van der Waals surface area contributed by atoms with E-state index < -0.39 is 21.6 Å². The summed E-state index contributed by atoms with van der Waals surface area (Å²) in [6, 6.07) is 15.0. The lowest BCUT2D eigenvalue weighted by molar-refractivity contribution is -0.117. The zero-order valence-electron chi connectivity index (χ0n) is 14.9. The third-order valence-electron chi connectivity index (χ3n) is 4.40. The van der Waals surface area contributed by atoms with Gasteiger partial charge in [-0.3, -0.25) is 4.79 Å². The van der Waals surface area contributed by atoms with Crippen molar-refractivity contribution >= 4 is 38.9 Å². The lowest BCUT2D eigenvalue weighted by Crippen LogP contribution is -2.44. The van der Waals surface area contributed by atoms with Gasteiger partial charge in [0.15, 0.2) is 9.84 Å². The monoisotopic (exact) mass is 426 g/mol. The van der Waals surface area contributed by atoms with E-state index in [0.717, 1.165) is 0 Å². The van der Waals surface area contributed by atoms with E-state index in [4.69, 9.17) is 0 Å². The number of anilines is 2. The Balaban J connectivity index is 1.69. The topological polar surface area (TPSA) is 66.5 Å². The quantitative estimate of drug-likeness (QED) is 0.685. The first-order chi connectivity index (χ1) is 13.3. The molecule has 1 aliphatic rings. The molecule has 2 aromatic rings. The van der Waals surface area contributed by atoms with Gasteiger partial charge in [-0.25, -0.2) is 8.42 Å². The van der Waals surface area contributed by atoms with Crippen molar-refractivity contribution in [1.82, 2.24) is 0 Å². The van der Waals surface area contributed by atoms with Crippen molar-refractivity contribution in [3.05, 3.63) is 54.6 Å². The molecular weight excluding hydrogens is 406 g/mol. The minimum absolute atomic E-state index is 0.0349. The lowest BCUT2D eigenvalue weighted by atomic mass is 10.1. The van der Waals surface area contributed by atoms with Crippen LogP contribution >= 0.6 is 11.8 Å². The second kappa shape index (κ2) is 8.91. The average molecular weight is 427 g/mol. The van der Waals surface area contributed by atoms with Gasteiger partial charge < -0.3 is 10.2 Å². The third kappa shape index (κ3) is 5.45. The highest BCUT2D eigenvalue weighted by atomic mass is 32.2. The molecule has 5 nitrogen and oxygen atoms in total. The third-order valence-corrected chi connectivity index (χ3v) is 6.87. The number of para-hydroxylation sites is 1. The molecule has 9 heteroatoms. The molecule has 1 aliphatic heterocycles. The lowest BCUT2D eigenvalue weighted by Gasteiger charge is -2.28. The molecule has 0 spiro atoms. The summed E-state index contributed by atoms with van der Waals surface area (Å²) in [5.74, 6) is -2.71. The summed E-state index contributed by atoms with van der Waals surface area (Å²) in [6.45, 7) is -0.0349. The molecule has 1 fully saturated rings. The van der Waals surface area contributed by atoms with E-state index in [1.165, 1.54) is 0 Å². The Hall–Kier alpha value is -2.13. The van der Waals surface area contributed by atoms with Gasteiger partial charge in [-0.15, -0.1) is 0 Å². The maximum atomic E-state index is 12.9. The smallest absolute Gasteiger partial charge is 0.288 e. The Morgan fingerprint density at radius 3 is 2.39 bits per heavy atom. The van der Waals surface area contributed by atoms with E-state index in [0.29, 0.717) is 34.5 Å². The maximum absolute atomic E-state index is 12.9. The van der Waals surface area contributed by atoms with Gasteiger partial charge in [0.25, 0.3) is 5.76 Å². The molecule has 1 heterocycles. The minimum atomic E-state index is -3.14. The fraction of sp³-hybridized carbons (Fsp3) is 0.316.